The fraction of sp³-hybridized carbons (Fsp3) is 0.778. The number of hydrogen-bond donors (Lipinski definition) is 2. The zero-order valence-corrected chi connectivity index (χ0v) is 35.8. The molecule has 8 fully saturated rings. The van der Waals surface area contributed by atoms with E-state index in [0.717, 1.165) is 70.6 Å². The van der Waals surface area contributed by atoms with Crippen LogP contribution in [0, 0.1) is 45.8 Å². The van der Waals surface area contributed by atoms with Crippen molar-refractivity contribution in [3.63, 3.8) is 0 Å². The summed E-state index contributed by atoms with van der Waals surface area (Å²) in [6, 6.07) is 0. The van der Waals surface area contributed by atoms with Crippen molar-refractivity contribution in [1.29, 1.82) is 0 Å². The highest BCUT2D eigenvalue weighted by molar-refractivity contribution is 5.87. The Morgan fingerprint density at radius 2 is 1.02 bits per heavy atom. The third-order valence-corrected chi connectivity index (χ3v) is 13.8. The van der Waals surface area contributed by atoms with E-state index in [2.05, 4.69) is 44.6 Å². The summed E-state index contributed by atoms with van der Waals surface area (Å²) in [5.41, 5.74) is -2.49. The molecule has 2 N–H and O–H groups in total. The Balaban J connectivity index is 0.909. The Kier molecular flexibility index (Phi) is 13.2. The van der Waals surface area contributed by atoms with Crippen molar-refractivity contribution in [2.45, 2.75) is 136 Å². The normalized spacial score (nSPS) is 32.6. The molecule has 0 aromatic carbocycles. The van der Waals surface area contributed by atoms with Crippen LogP contribution in [-0.4, -0.2) is 86.8 Å². The molecule has 0 heterocycles. The number of amides is 2. The predicted octanol–water partition coefficient (Wildman–Crippen LogP) is 6.88. The molecule has 0 aromatic rings. The summed E-state index contributed by atoms with van der Waals surface area (Å²) in [5.74, 6) is -0.275. The molecule has 59 heavy (non-hydrogen) atoms. The molecular weight excluding hydrogens is 760 g/mol. The molecule has 8 saturated carbocycles. The summed E-state index contributed by atoms with van der Waals surface area (Å²) >= 11 is 0. The van der Waals surface area contributed by atoms with E-state index < -0.39 is 46.2 Å². The Morgan fingerprint density at radius 3 is 1.42 bits per heavy atom. The number of rotatable bonds is 19. The van der Waals surface area contributed by atoms with Crippen LogP contribution in [-0.2, 0) is 47.6 Å². The van der Waals surface area contributed by atoms with Crippen molar-refractivity contribution in [2.24, 2.45) is 45.8 Å². The highest BCUT2D eigenvalue weighted by Gasteiger charge is 2.64. The molecule has 0 radical (unpaired) electrons. The number of alkyl carbamates (subject to hydrolysis) is 2. The Hall–Kier alpha value is -4.10. The molecule has 8 aliphatic rings. The summed E-state index contributed by atoms with van der Waals surface area (Å²) in [6.45, 7) is 17.3. The maximum Gasteiger partial charge on any atom is 0.407 e. The minimum Gasteiger partial charge on any atom is -0.462 e. The van der Waals surface area contributed by atoms with Crippen molar-refractivity contribution in [2.75, 3.05) is 39.5 Å². The molecular formula is C45H66N2O12. The molecule has 0 aliphatic heterocycles. The van der Waals surface area contributed by atoms with Gasteiger partial charge in [0.15, 0.2) is 0 Å². The van der Waals surface area contributed by atoms with Gasteiger partial charge in [-0.05, 0) is 126 Å². The molecule has 0 spiro atoms. The molecule has 5 unspecified atom stereocenters. The van der Waals surface area contributed by atoms with Gasteiger partial charge in [-0.3, -0.25) is 9.59 Å². The summed E-state index contributed by atoms with van der Waals surface area (Å²) in [7, 11) is 0. The van der Waals surface area contributed by atoms with Gasteiger partial charge in [0, 0.05) is 37.1 Å². The molecule has 328 valence electrons. The van der Waals surface area contributed by atoms with Gasteiger partial charge in [0.2, 0.25) is 0 Å². The number of nitrogens with one attached hydrogen (secondary N) is 2. The number of carbonyl (C=O) groups is 6. The van der Waals surface area contributed by atoms with Crippen molar-refractivity contribution < 1.29 is 57.2 Å². The molecule has 8 rings (SSSR count). The highest BCUT2D eigenvalue weighted by Crippen LogP contribution is 2.64. The molecule has 8 aliphatic carbocycles. The maximum atomic E-state index is 13.4. The standard InChI is InChI=1S/C45H66N2O12/c1-28(2)35(48)54-10-12-56-37(50)42-17-31-14-32(18-42)22-44(21-31,25-42)58-39(52)46-9-8-30(5)16-41(6,7)27-47-40(53)59-45-23-33-15-34(24-45)20-43(19-33,26-45)38(51)57-13-11-55-36(49)29(3)4/h30-34H,1,3,8-27H2,2,4-7H3,(H,46,52)(H,47,53). The van der Waals surface area contributed by atoms with E-state index >= 15 is 0 Å². The van der Waals surface area contributed by atoms with Gasteiger partial charge in [-0.25, -0.2) is 19.2 Å². The van der Waals surface area contributed by atoms with E-state index in [4.69, 9.17) is 28.4 Å². The SMILES string of the molecule is C=C(C)C(=O)OCCOC(=O)C12CC3CC(CC(OC(=O)NCCC(C)CC(C)(C)CNC(=O)OC45CC6CC(C4)CC(C(=O)OCCOC(=O)C(=C)C)(C6)C5)(C3)C1)C2. The van der Waals surface area contributed by atoms with Gasteiger partial charge in [0.25, 0.3) is 0 Å². The maximum absolute atomic E-state index is 13.4. The summed E-state index contributed by atoms with van der Waals surface area (Å²) in [5, 5.41) is 5.96. The molecule has 14 heteroatoms. The van der Waals surface area contributed by atoms with Gasteiger partial charge in [-0.2, -0.15) is 0 Å². The lowest BCUT2D eigenvalue weighted by Gasteiger charge is -2.59. The van der Waals surface area contributed by atoms with Crippen LogP contribution in [0.25, 0.3) is 0 Å². The smallest absolute Gasteiger partial charge is 0.407 e. The van der Waals surface area contributed by atoms with Gasteiger partial charge in [0.1, 0.15) is 37.6 Å². The summed E-state index contributed by atoms with van der Waals surface area (Å²) in [6.07, 6.45) is 9.33. The largest absolute Gasteiger partial charge is 0.462 e. The second-order valence-corrected chi connectivity index (χ2v) is 20.3. The van der Waals surface area contributed by atoms with Crippen LogP contribution in [0.4, 0.5) is 9.59 Å². The molecule has 5 atom stereocenters. The first-order valence-corrected chi connectivity index (χ1v) is 21.7. The number of carbonyl (C=O) groups excluding carboxylic acids is 6. The first-order chi connectivity index (χ1) is 27.7. The molecule has 0 saturated heterocycles. The average Bonchev–Trinajstić information content (AvgIpc) is 3.12. The quantitative estimate of drug-likeness (QED) is 0.0597. The zero-order chi connectivity index (χ0) is 42.8. The minimum atomic E-state index is -0.708. The van der Waals surface area contributed by atoms with Crippen LogP contribution in [0.1, 0.15) is 125 Å². The van der Waals surface area contributed by atoms with E-state index in [1.165, 1.54) is 0 Å². The lowest BCUT2D eigenvalue weighted by Crippen LogP contribution is -2.60. The predicted molar refractivity (Wildman–Crippen MR) is 214 cm³/mol. The number of ether oxygens (including phenoxy) is 6. The van der Waals surface area contributed by atoms with Gasteiger partial charge < -0.3 is 39.1 Å². The van der Waals surface area contributed by atoms with Crippen molar-refractivity contribution in [3.05, 3.63) is 24.3 Å². The van der Waals surface area contributed by atoms with Crippen LogP contribution >= 0.6 is 0 Å². The van der Waals surface area contributed by atoms with E-state index in [1.807, 2.05) is 0 Å². The molecule has 8 bridgehead atoms. The lowest BCUT2D eigenvalue weighted by molar-refractivity contribution is -0.197. The van der Waals surface area contributed by atoms with Crippen LogP contribution in [0.2, 0.25) is 0 Å². The van der Waals surface area contributed by atoms with Crippen LogP contribution < -0.4 is 10.6 Å². The third kappa shape index (κ3) is 10.6. The first kappa shape index (κ1) is 44.5. The molecule has 2 amide bonds. The second kappa shape index (κ2) is 17.5. The third-order valence-electron chi connectivity index (χ3n) is 13.8. The monoisotopic (exact) mass is 826 g/mol. The minimum absolute atomic E-state index is 0.0269. The van der Waals surface area contributed by atoms with Gasteiger partial charge in [-0.1, -0.05) is 33.9 Å². The van der Waals surface area contributed by atoms with Crippen molar-refractivity contribution in [1.82, 2.24) is 10.6 Å². The lowest BCUT2D eigenvalue weighted by atomic mass is 9.48. The van der Waals surface area contributed by atoms with E-state index in [-0.39, 0.29) is 84.5 Å². The van der Waals surface area contributed by atoms with E-state index in [1.54, 1.807) is 13.8 Å². The van der Waals surface area contributed by atoms with Gasteiger partial charge in [0.05, 0.1) is 10.8 Å². The van der Waals surface area contributed by atoms with Crippen LogP contribution in [0.3, 0.4) is 0 Å². The molecule has 14 nitrogen and oxygen atoms in total. The fourth-order valence-corrected chi connectivity index (χ4v) is 12.5. The van der Waals surface area contributed by atoms with Crippen molar-refractivity contribution >= 4 is 36.1 Å². The summed E-state index contributed by atoms with van der Waals surface area (Å²) in [4.78, 5) is 76.7. The highest BCUT2D eigenvalue weighted by atomic mass is 16.6. The number of esters is 4. The van der Waals surface area contributed by atoms with Crippen LogP contribution in [0.5, 0.6) is 0 Å². The van der Waals surface area contributed by atoms with E-state index in [0.29, 0.717) is 32.4 Å². The van der Waals surface area contributed by atoms with Gasteiger partial charge in [-0.15, -0.1) is 0 Å². The number of hydrogen-bond acceptors (Lipinski definition) is 12. The van der Waals surface area contributed by atoms with Gasteiger partial charge >= 0.3 is 36.1 Å². The average molecular weight is 827 g/mol. The topological polar surface area (TPSA) is 182 Å². The Bertz CT molecular complexity index is 1660. The molecule has 0 aromatic heterocycles. The van der Waals surface area contributed by atoms with Crippen molar-refractivity contribution in [3.8, 4) is 0 Å². The Morgan fingerprint density at radius 1 is 0.627 bits per heavy atom. The van der Waals surface area contributed by atoms with E-state index in [9.17, 15) is 28.8 Å². The summed E-state index contributed by atoms with van der Waals surface area (Å²) < 4.78 is 33.8. The second-order valence-electron chi connectivity index (χ2n) is 20.3. The zero-order valence-electron chi connectivity index (χ0n) is 35.8. The fourth-order valence-electron chi connectivity index (χ4n) is 12.5. The first-order valence-electron chi connectivity index (χ1n) is 21.7. The van der Waals surface area contributed by atoms with Crippen LogP contribution in [0.15, 0.2) is 24.3 Å². The Labute approximate surface area is 348 Å².